The first kappa shape index (κ1) is 9.98. The van der Waals surface area contributed by atoms with E-state index in [9.17, 15) is 9.59 Å². The maximum Gasteiger partial charge on any atom is 0.303 e. The van der Waals surface area contributed by atoms with Crippen molar-refractivity contribution in [3.05, 3.63) is 0 Å². The average molecular weight is 187 g/mol. The third kappa shape index (κ3) is 3.02. The molecule has 1 aliphatic heterocycles. The highest BCUT2D eigenvalue weighted by Gasteiger charge is 2.30. The van der Waals surface area contributed by atoms with Gasteiger partial charge in [-0.15, -0.1) is 0 Å². The third-order valence-electron chi connectivity index (χ3n) is 2.02. The molecule has 0 aromatic heterocycles. The largest absolute Gasteiger partial charge is 0.481 e. The summed E-state index contributed by atoms with van der Waals surface area (Å²) in [6.45, 7) is 2.24. The molecule has 1 fully saturated rings. The third-order valence-corrected chi connectivity index (χ3v) is 2.02. The summed E-state index contributed by atoms with van der Waals surface area (Å²) in [5.74, 6) is -1.10. The van der Waals surface area contributed by atoms with E-state index < -0.39 is 5.97 Å². The van der Waals surface area contributed by atoms with Crippen LogP contribution in [0.25, 0.3) is 0 Å². The Bertz CT molecular complexity index is 194. The molecule has 0 aliphatic carbocycles. The monoisotopic (exact) mass is 187 g/mol. The lowest BCUT2D eigenvalue weighted by Crippen LogP contribution is -2.39. The summed E-state index contributed by atoms with van der Waals surface area (Å²) in [5.41, 5.74) is 0. The Morgan fingerprint density at radius 2 is 2.23 bits per heavy atom. The Kier molecular flexibility index (Phi) is 3.25. The predicted molar refractivity (Wildman–Crippen MR) is 44.2 cm³/mol. The lowest BCUT2D eigenvalue weighted by atomic mass is 10.00. The minimum absolute atomic E-state index is 0.0466. The van der Waals surface area contributed by atoms with Gasteiger partial charge in [-0.1, -0.05) is 0 Å². The van der Waals surface area contributed by atoms with E-state index in [4.69, 9.17) is 9.84 Å². The van der Waals surface area contributed by atoms with Crippen molar-refractivity contribution in [2.45, 2.75) is 19.4 Å². The lowest BCUT2D eigenvalue weighted by molar-refractivity contribution is -0.138. The molecular weight excluding hydrogens is 174 g/mol. The second-order valence-electron chi connectivity index (χ2n) is 3.20. The van der Waals surface area contributed by atoms with Crippen molar-refractivity contribution >= 4 is 11.9 Å². The van der Waals surface area contributed by atoms with E-state index in [1.54, 1.807) is 0 Å². The Labute approximate surface area is 76.1 Å². The van der Waals surface area contributed by atoms with Crippen LogP contribution in [0.15, 0.2) is 0 Å². The van der Waals surface area contributed by atoms with Crippen LogP contribution in [0.4, 0.5) is 0 Å². The molecule has 2 unspecified atom stereocenters. The fourth-order valence-electron chi connectivity index (χ4n) is 1.44. The van der Waals surface area contributed by atoms with Gasteiger partial charge in [-0.05, 0) is 0 Å². The Hall–Kier alpha value is -1.10. The molecule has 2 atom stereocenters. The SMILES string of the molecule is CC(=O)NC1COCC1CC(=O)O. The molecule has 0 saturated carbocycles. The number of hydrogen-bond donors (Lipinski definition) is 2. The van der Waals surface area contributed by atoms with Crippen molar-refractivity contribution in [1.29, 1.82) is 0 Å². The first-order chi connectivity index (χ1) is 6.09. The smallest absolute Gasteiger partial charge is 0.303 e. The molecule has 1 heterocycles. The normalized spacial score (nSPS) is 27.2. The quantitative estimate of drug-likeness (QED) is 0.631. The Morgan fingerprint density at radius 1 is 1.54 bits per heavy atom. The highest BCUT2D eigenvalue weighted by atomic mass is 16.5. The van der Waals surface area contributed by atoms with Gasteiger partial charge in [0.1, 0.15) is 0 Å². The number of amides is 1. The maximum atomic E-state index is 10.7. The second-order valence-corrected chi connectivity index (χ2v) is 3.20. The second kappa shape index (κ2) is 4.23. The van der Waals surface area contributed by atoms with E-state index in [1.807, 2.05) is 0 Å². The van der Waals surface area contributed by atoms with Gasteiger partial charge in [-0.25, -0.2) is 0 Å². The van der Waals surface area contributed by atoms with E-state index in [2.05, 4.69) is 5.32 Å². The summed E-state index contributed by atoms with van der Waals surface area (Å²) in [4.78, 5) is 21.1. The summed E-state index contributed by atoms with van der Waals surface area (Å²) < 4.78 is 5.09. The van der Waals surface area contributed by atoms with E-state index >= 15 is 0 Å². The molecule has 5 heteroatoms. The predicted octanol–water partition coefficient (Wildman–Crippen LogP) is -0.388. The van der Waals surface area contributed by atoms with E-state index in [-0.39, 0.29) is 24.3 Å². The first-order valence-electron chi connectivity index (χ1n) is 4.16. The van der Waals surface area contributed by atoms with E-state index in [1.165, 1.54) is 6.92 Å². The topological polar surface area (TPSA) is 75.6 Å². The van der Waals surface area contributed by atoms with Crippen molar-refractivity contribution in [3.8, 4) is 0 Å². The first-order valence-corrected chi connectivity index (χ1v) is 4.16. The molecule has 2 N–H and O–H groups in total. The van der Waals surface area contributed by atoms with Crippen LogP contribution in [-0.2, 0) is 14.3 Å². The molecular formula is C8H13NO4. The molecule has 0 aromatic carbocycles. The van der Waals surface area contributed by atoms with Gasteiger partial charge in [0, 0.05) is 12.8 Å². The number of hydrogen-bond acceptors (Lipinski definition) is 3. The van der Waals surface area contributed by atoms with Crippen molar-refractivity contribution in [3.63, 3.8) is 0 Å². The van der Waals surface area contributed by atoms with Crippen LogP contribution in [0.3, 0.4) is 0 Å². The Morgan fingerprint density at radius 3 is 2.77 bits per heavy atom. The lowest BCUT2D eigenvalue weighted by Gasteiger charge is -2.15. The summed E-state index contributed by atoms with van der Waals surface area (Å²) in [5, 5.41) is 11.2. The van der Waals surface area contributed by atoms with Crippen molar-refractivity contribution in [2.24, 2.45) is 5.92 Å². The van der Waals surface area contributed by atoms with Gasteiger partial charge in [0.05, 0.1) is 25.7 Å². The van der Waals surface area contributed by atoms with E-state index in [0.29, 0.717) is 13.2 Å². The highest BCUT2D eigenvalue weighted by molar-refractivity contribution is 5.73. The minimum Gasteiger partial charge on any atom is -0.481 e. The fourth-order valence-corrected chi connectivity index (χ4v) is 1.44. The van der Waals surface area contributed by atoms with Crippen LogP contribution in [0, 0.1) is 5.92 Å². The van der Waals surface area contributed by atoms with Gasteiger partial charge >= 0.3 is 5.97 Å². The zero-order chi connectivity index (χ0) is 9.84. The summed E-state index contributed by atoms with van der Waals surface area (Å²) >= 11 is 0. The van der Waals surface area contributed by atoms with Crippen LogP contribution in [0.2, 0.25) is 0 Å². The maximum absolute atomic E-state index is 10.7. The van der Waals surface area contributed by atoms with Crippen LogP contribution in [0.1, 0.15) is 13.3 Å². The standard InChI is InChI=1S/C8H13NO4/c1-5(10)9-7-4-13-3-6(7)2-8(11)12/h6-7H,2-4H2,1H3,(H,9,10)(H,11,12). The minimum atomic E-state index is -0.856. The van der Waals surface area contributed by atoms with Crippen LogP contribution >= 0.6 is 0 Å². The highest BCUT2D eigenvalue weighted by Crippen LogP contribution is 2.17. The molecule has 5 nitrogen and oxygen atoms in total. The number of carbonyl (C=O) groups is 2. The number of carboxylic acid groups (broad SMARTS) is 1. The molecule has 1 rings (SSSR count). The molecule has 0 bridgehead atoms. The molecule has 0 spiro atoms. The summed E-state index contributed by atoms with van der Waals surface area (Å²) in [7, 11) is 0. The molecule has 0 aromatic rings. The number of aliphatic carboxylic acids is 1. The molecule has 1 saturated heterocycles. The zero-order valence-corrected chi connectivity index (χ0v) is 7.45. The van der Waals surface area contributed by atoms with Crippen molar-refractivity contribution in [2.75, 3.05) is 13.2 Å². The van der Waals surface area contributed by atoms with Crippen LogP contribution < -0.4 is 5.32 Å². The van der Waals surface area contributed by atoms with Gasteiger partial charge in [0.25, 0.3) is 0 Å². The fraction of sp³-hybridized carbons (Fsp3) is 0.750. The van der Waals surface area contributed by atoms with Crippen LogP contribution in [-0.4, -0.2) is 36.2 Å². The number of rotatable bonds is 3. The molecule has 13 heavy (non-hydrogen) atoms. The van der Waals surface area contributed by atoms with Gasteiger partial charge in [0.2, 0.25) is 5.91 Å². The Balaban J connectivity index is 2.43. The van der Waals surface area contributed by atoms with Crippen molar-refractivity contribution in [1.82, 2.24) is 5.32 Å². The zero-order valence-electron chi connectivity index (χ0n) is 7.45. The summed E-state index contributed by atoms with van der Waals surface area (Å²) in [6, 6.07) is -0.145. The number of carbonyl (C=O) groups excluding carboxylic acids is 1. The molecule has 1 amide bonds. The number of ether oxygens (including phenoxy) is 1. The van der Waals surface area contributed by atoms with Gasteiger partial charge in [0.15, 0.2) is 0 Å². The average Bonchev–Trinajstić information content (AvgIpc) is 2.34. The molecule has 0 radical (unpaired) electrons. The van der Waals surface area contributed by atoms with Crippen LogP contribution in [0.5, 0.6) is 0 Å². The molecule has 1 aliphatic rings. The molecule has 74 valence electrons. The van der Waals surface area contributed by atoms with Gasteiger partial charge < -0.3 is 15.2 Å². The van der Waals surface area contributed by atoms with Crippen molar-refractivity contribution < 1.29 is 19.4 Å². The van der Waals surface area contributed by atoms with Gasteiger partial charge in [-0.2, -0.15) is 0 Å². The number of carboxylic acids is 1. The summed E-state index contributed by atoms with van der Waals surface area (Å²) in [6.07, 6.45) is 0.0466. The van der Waals surface area contributed by atoms with E-state index in [0.717, 1.165) is 0 Å². The van der Waals surface area contributed by atoms with Gasteiger partial charge in [-0.3, -0.25) is 9.59 Å². The number of nitrogens with one attached hydrogen (secondary N) is 1.